The van der Waals surface area contributed by atoms with E-state index in [1.807, 2.05) is 35.7 Å². The van der Waals surface area contributed by atoms with Gasteiger partial charge in [0.05, 0.1) is 10.3 Å². The molecule has 0 fully saturated rings. The van der Waals surface area contributed by atoms with E-state index in [-0.39, 0.29) is 5.52 Å². The summed E-state index contributed by atoms with van der Waals surface area (Å²) in [6.07, 6.45) is 0. The van der Waals surface area contributed by atoms with Crippen LogP contribution in [0.1, 0.15) is 0 Å². The SMILES string of the molecule is O=c1oc2ccccc2c2oc(-c3cccs3)nc12. The van der Waals surface area contributed by atoms with Crippen LogP contribution in [0.25, 0.3) is 32.8 Å². The van der Waals surface area contributed by atoms with Gasteiger partial charge < -0.3 is 8.83 Å². The number of hydrogen-bond acceptors (Lipinski definition) is 5. The minimum Gasteiger partial charge on any atom is -0.434 e. The largest absolute Gasteiger partial charge is 0.434 e. The van der Waals surface area contributed by atoms with E-state index in [1.54, 1.807) is 6.07 Å². The van der Waals surface area contributed by atoms with Crippen molar-refractivity contribution in [2.75, 3.05) is 0 Å². The second-order valence-electron chi connectivity index (χ2n) is 4.06. The molecule has 0 radical (unpaired) electrons. The molecule has 19 heavy (non-hydrogen) atoms. The van der Waals surface area contributed by atoms with Crippen LogP contribution < -0.4 is 5.63 Å². The fourth-order valence-electron chi connectivity index (χ4n) is 2.04. The summed E-state index contributed by atoms with van der Waals surface area (Å²) in [5.74, 6) is 0.452. The Balaban J connectivity index is 2.16. The fraction of sp³-hybridized carbons (Fsp3) is 0. The quantitative estimate of drug-likeness (QED) is 0.495. The Morgan fingerprint density at radius 1 is 1.05 bits per heavy atom. The summed E-state index contributed by atoms with van der Waals surface area (Å²) in [6.45, 7) is 0. The van der Waals surface area contributed by atoms with Gasteiger partial charge in [-0.2, -0.15) is 0 Å². The van der Waals surface area contributed by atoms with Crippen LogP contribution in [0.15, 0.2) is 55.4 Å². The predicted molar refractivity (Wildman–Crippen MR) is 73.4 cm³/mol. The van der Waals surface area contributed by atoms with Crippen molar-refractivity contribution in [1.82, 2.24) is 4.98 Å². The molecule has 4 aromatic rings. The number of aromatic nitrogens is 1. The lowest BCUT2D eigenvalue weighted by molar-refractivity contribution is 0.565. The maximum Gasteiger partial charge on any atom is 0.366 e. The Hall–Kier alpha value is -2.40. The van der Waals surface area contributed by atoms with Crippen molar-refractivity contribution in [1.29, 1.82) is 0 Å². The molecule has 3 heterocycles. The third kappa shape index (κ3) is 1.52. The highest BCUT2D eigenvalue weighted by atomic mass is 32.1. The van der Waals surface area contributed by atoms with Crippen molar-refractivity contribution in [3.05, 3.63) is 52.2 Å². The second-order valence-corrected chi connectivity index (χ2v) is 5.01. The summed E-state index contributed by atoms with van der Waals surface area (Å²) < 4.78 is 11.0. The molecule has 0 spiro atoms. The zero-order chi connectivity index (χ0) is 12.8. The molecule has 0 bridgehead atoms. The van der Waals surface area contributed by atoms with Gasteiger partial charge in [0.25, 0.3) is 0 Å². The molecule has 0 unspecified atom stereocenters. The molecule has 0 aliphatic heterocycles. The summed E-state index contributed by atoms with van der Waals surface area (Å²) in [6, 6.07) is 11.1. The van der Waals surface area contributed by atoms with Crippen LogP contribution in [-0.2, 0) is 0 Å². The van der Waals surface area contributed by atoms with Gasteiger partial charge in [-0.15, -0.1) is 11.3 Å². The molecule has 4 rings (SSSR count). The molecular weight excluding hydrogens is 262 g/mol. The van der Waals surface area contributed by atoms with Gasteiger partial charge >= 0.3 is 5.63 Å². The number of fused-ring (bicyclic) bond motifs is 3. The number of oxazole rings is 1. The number of hydrogen-bond donors (Lipinski definition) is 0. The Labute approximate surface area is 110 Å². The first-order valence-electron chi connectivity index (χ1n) is 5.69. The lowest BCUT2D eigenvalue weighted by Crippen LogP contribution is -1.98. The fourth-order valence-corrected chi connectivity index (χ4v) is 2.69. The maximum atomic E-state index is 11.9. The number of nitrogens with zero attached hydrogens (tertiary/aromatic N) is 1. The van der Waals surface area contributed by atoms with Gasteiger partial charge in [0, 0.05) is 0 Å². The molecule has 0 saturated heterocycles. The Kier molecular flexibility index (Phi) is 2.10. The topological polar surface area (TPSA) is 56.2 Å². The van der Waals surface area contributed by atoms with Crippen LogP contribution in [-0.4, -0.2) is 4.98 Å². The molecule has 1 aromatic carbocycles. The van der Waals surface area contributed by atoms with E-state index < -0.39 is 5.63 Å². The molecule has 3 aromatic heterocycles. The molecule has 0 atom stereocenters. The molecule has 0 saturated carbocycles. The van der Waals surface area contributed by atoms with Gasteiger partial charge in [-0.25, -0.2) is 9.78 Å². The molecule has 5 heteroatoms. The van der Waals surface area contributed by atoms with Crippen LogP contribution >= 0.6 is 11.3 Å². The van der Waals surface area contributed by atoms with Crippen molar-refractivity contribution >= 4 is 33.4 Å². The number of para-hydroxylation sites is 1. The molecule has 0 N–H and O–H groups in total. The first-order chi connectivity index (χ1) is 9.33. The van der Waals surface area contributed by atoms with Gasteiger partial charge in [-0.05, 0) is 23.6 Å². The van der Waals surface area contributed by atoms with Gasteiger partial charge in [-0.1, -0.05) is 18.2 Å². The molecule has 92 valence electrons. The van der Waals surface area contributed by atoms with Crippen LogP contribution in [0.2, 0.25) is 0 Å². The summed E-state index contributed by atoms with van der Waals surface area (Å²) in [5, 5.41) is 2.69. The molecular formula is C14H7NO3S. The number of benzene rings is 1. The molecule has 4 nitrogen and oxygen atoms in total. The van der Waals surface area contributed by atoms with Crippen LogP contribution in [0, 0.1) is 0 Å². The van der Waals surface area contributed by atoms with Gasteiger partial charge in [0.2, 0.25) is 5.89 Å². The smallest absolute Gasteiger partial charge is 0.366 e. The standard InChI is InChI=1S/C14H7NO3S/c16-14-11-12(8-4-1-2-5-9(8)17-14)18-13(15-11)10-6-3-7-19-10/h1-7H. The lowest BCUT2D eigenvalue weighted by Gasteiger charge is -1.94. The van der Waals surface area contributed by atoms with Crippen molar-refractivity contribution in [3.63, 3.8) is 0 Å². The number of thiophene rings is 1. The highest BCUT2D eigenvalue weighted by Crippen LogP contribution is 2.30. The predicted octanol–water partition coefficient (Wildman–Crippen LogP) is 3.66. The van der Waals surface area contributed by atoms with E-state index in [9.17, 15) is 4.79 Å². The zero-order valence-corrected chi connectivity index (χ0v) is 10.4. The summed E-state index contributed by atoms with van der Waals surface area (Å²) >= 11 is 1.51. The minimum atomic E-state index is -0.472. The second kappa shape index (κ2) is 3.80. The lowest BCUT2D eigenvalue weighted by atomic mass is 10.2. The monoisotopic (exact) mass is 269 g/mol. The normalized spacial score (nSPS) is 11.4. The average molecular weight is 269 g/mol. The summed E-state index contributed by atoms with van der Waals surface area (Å²) in [4.78, 5) is 17.0. The van der Waals surface area contributed by atoms with Crippen LogP contribution in [0.4, 0.5) is 0 Å². The van der Waals surface area contributed by atoms with E-state index >= 15 is 0 Å². The van der Waals surface area contributed by atoms with E-state index in [0.717, 1.165) is 10.3 Å². The van der Waals surface area contributed by atoms with Crippen molar-refractivity contribution in [2.45, 2.75) is 0 Å². The Morgan fingerprint density at radius 2 is 1.95 bits per heavy atom. The van der Waals surface area contributed by atoms with Gasteiger partial charge in [-0.3, -0.25) is 0 Å². The van der Waals surface area contributed by atoms with Crippen molar-refractivity contribution in [2.24, 2.45) is 0 Å². The first-order valence-corrected chi connectivity index (χ1v) is 6.57. The molecule has 0 amide bonds. The van der Waals surface area contributed by atoms with E-state index in [1.165, 1.54) is 11.3 Å². The van der Waals surface area contributed by atoms with Crippen LogP contribution in [0.5, 0.6) is 0 Å². The Morgan fingerprint density at radius 3 is 2.79 bits per heavy atom. The van der Waals surface area contributed by atoms with Gasteiger partial charge in [0.1, 0.15) is 5.58 Å². The highest BCUT2D eigenvalue weighted by molar-refractivity contribution is 7.13. The minimum absolute atomic E-state index is 0.238. The molecule has 0 aliphatic rings. The molecule has 0 aliphatic carbocycles. The van der Waals surface area contributed by atoms with E-state index in [2.05, 4.69) is 4.98 Å². The third-order valence-corrected chi connectivity index (χ3v) is 3.74. The summed E-state index contributed by atoms with van der Waals surface area (Å²) in [7, 11) is 0. The van der Waals surface area contributed by atoms with Crippen LogP contribution in [0.3, 0.4) is 0 Å². The summed E-state index contributed by atoms with van der Waals surface area (Å²) in [5.41, 5.74) is 0.756. The number of rotatable bonds is 1. The van der Waals surface area contributed by atoms with E-state index in [0.29, 0.717) is 17.1 Å². The van der Waals surface area contributed by atoms with Crippen molar-refractivity contribution in [3.8, 4) is 10.8 Å². The highest BCUT2D eigenvalue weighted by Gasteiger charge is 2.16. The van der Waals surface area contributed by atoms with Gasteiger partial charge in [0.15, 0.2) is 11.1 Å². The average Bonchev–Trinajstić information content (AvgIpc) is 3.08. The third-order valence-electron chi connectivity index (χ3n) is 2.89. The first kappa shape index (κ1) is 10.5. The maximum absolute atomic E-state index is 11.9. The van der Waals surface area contributed by atoms with E-state index in [4.69, 9.17) is 8.83 Å². The zero-order valence-electron chi connectivity index (χ0n) is 9.62. The Bertz CT molecular complexity index is 934. The van der Waals surface area contributed by atoms with Crippen molar-refractivity contribution < 1.29 is 8.83 Å².